The molecule has 1 atom stereocenters. The van der Waals surface area contributed by atoms with Gasteiger partial charge in [0, 0.05) is 3.57 Å². The lowest BCUT2D eigenvalue weighted by Gasteiger charge is -2.10. The van der Waals surface area contributed by atoms with Crippen molar-refractivity contribution in [3.8, 4) is 16.9 Å². The van der Waals surface area contributed by atoms with Crippen molar-refractivity contribution in [1.29, 1.82) is 0 Å². The minimum atomic E-state index is -0.786. The van der Waals surface area contributed by atoms with Crippen LogP contribution >= 0.6 is 22.6 Å². The number of primary amides is 1. The van der Waals surface area contributed by atoms with Crippen molar-refractivity contribution < 1.29 is 9.53 Å². The molecule has 4 N–H and O–H groups in total. The van der Waals surface area contributed by atoms with Gasteiger partial charge in [-0.2, -0.15) is 0 Å². The Kier molecular flexibility index (Phi) is 4.97. The van der Waals surface area contributed by atoms with E-state index in [0.29, 0.717) is 5.75 Å². The molecule has 0 fully saturated rings. The number of carbonyl (C=O) groups is 1. The monoisotopic (exact) mass is 382 g/mol. The molecule has 2 aromatic carbocycles. The summed E-state index contributed by atoms with van der Waals surface area (Å²) in [5, 5.41) is 0. The number of hydrogen-bond donors (Lipinski definition) is 2. The van der Waals surface area contributed by atoms with Crippen molar-refractivity contribution in [3.05, 3.63) is 52.1 Å². The predicted molar refractivity (Wildman–Crippen MR) is 87.3 cm³/mol. The fourth-order valence-electron chi connectivity index (χ4n) is 1.65. The Morgan fingerprint density at radius 3 is 2.05 bits per heavy atom. The number of ether oxygens (including phenoxy) is 1. The Bertz CT molecular complexity index is 582. The third-order valence-corrected chi connectivity index (χ3v) is 3.55. The van der Waals surface area contributed by atoms with E-state index < -0.39 is 11.9 Å². The largest absolute Gasteiger partial charge is 0.491 e. The van der Waals surface area contributed by atoms with Crippen molar-refractivity contribution in [1.82, 2.24) is 0 Å². The van der Waals surface area contributed by atoms with Crippen molar-refractivity contribution >= 4 is 28.5 Å². The Hall–Kier alpha value is -1.60. The molecule has 1 amide bonds. The maximum Gasteiger partial charge on any atom is 0.237 e. The van der Waals surface area contributed by atoms with Crippen LogP contribution in [0.15, 0.2) is 48.5 Å². The van der Waals surface area contributed by atoms with Gasteiger partial charge in [-0.15, -0.1) is 0 Å². The number of benzene rings is 2. The van der Waals surface area contributed by atoms with Gasteiger partial charge in [0.15, 0.2) is 0 Å². The first-order chi connectivity index (χ1) is 9.56. The molecule has 4 nitrogen and oxygen atoms in total. The first kappa shape index (κ1) is 14.8. The second-order valence-electron chi connectivity index (χ2n) is 4.35. The van der Waals surface area contributed by atoms with Gasteiger partial charge in [-0.25, -0.2) is 0 Å². The maximum atomic E-state index is 10.8. The topological polar surface area (TPSA) is 78.3 Å². The van der Waals surface area contributed by atoms with Gasteiger partial charge in [-0.3, -0.25) is 4.79 Å². The molecule has 2 aromatic rings. The van der Waals surface area contributed by atoms with E-state index in [4.69, 9.17) is 16.2 Å². The van der Waals surface area contributed by atoms with Crippen LogP contribution in [0.4, 0.5) is 0 Å². The van der Waals surface area contributed by atoms with Gasteiger partial charge in [-0.1, -0.05) is 24.3 Å². The molecule has 2 rings (SSSR count). The molecule has 0 saturated carbocycles. The molecule has 0 bridgehead atoms. The van der Waals surface area contributed by atoms with Gasteiger partial charge in [0.25, 0.3) is 0 Å². The fraction of sp³-hybridized carbons (Fsp3) is 0.133. The van der Waals surface area contributed by atoms with Crippen LogP contribution in [0.5, 0.6) is 5.75 Å². The summed E-state index contributed by atoms with van der Waals surface area (Å²) in [6.45, 7) is 0.0816. The van der Waals surface area contributed by atoms with Crippen LogP contribution in [0.2, 0.25) is 0 Å². The van der Waals surface area contributed by atoms with Gasteiger partial charge < -0.3 is 16.2 Å². The number of nitrogens with two attached hydrogens (primary N) is 2. The lowest BCUT2D eigenvalue weighted by molar-refractivity contribution is -0.119. The summed E-state index contributed by atoms with van der Waals surface area (Å²) in [5.74, 6) is 0.0940. The summed E-state index contributed by atoms with van der Waals surface area (Å²) in [7, 11) is 0. The minimum absolute atomic E-state index is 0.0816. The van der Waals surface area contributed by atoms with E-state index in [1.165, 1.54) is 3.57 Å². The van der Waals surface area contributed by atoms with Gasteiger partial charge in [0.2, 0.25) is 5.91 Å². The van der Waals surface area contributed by atoms with Crippen LogP contribution in [0.25, 0.3) is 11.1 Å². The van der Waals surface area contributed by atoms with Crippen LogP contribution in [-0.4, -0.2) is 18.6 Å². The molecular formula is C15H15IN2O2. The zero-order valence-corrected chi connectivity index (χ0v) is 12.9. The van der Waals surface area contributed by atoms with Gasteiger partial charge in [-0.05, 0) is 58.0 Å². The lowest BCUT2D eigenvalue weighted by Crippen LogP contribution is -2.41. The lowest BCUT2D eigenvalue weighted by atomic mass is 10.1. The SMILES string of the molecule is NC(=O)C(N)COc1ccc(-c2ccc(I)cc2)cc1. The van der Waals surface area contributed by atoms with E-state index in [-0.39, 0.29) is 6.61 Å². The van der Waals surface area contributed by atoms with Crippen LogP contribution in [0.3, 0.4) is 0 Å². The van der Waals surface area contributed by atoms with Crippen molar-refractivity contribution in [3.63, 3.8) is 0 Å². The zero-order chi connectivity index (χ0) is 14.5. The molecule has 0 heterocycles. The molecule has 0 aliphatic carbocycles. The molecule has 5 heteroatoms. The van der Waals surface area contributed by atoms with Crippen LogP contribution in [0, 0.1) is 3.57 Å². The number of carbonyl (C=O) groups excluding carboxylic acids is 1. The first-order valence-electron chi connectivity index (χ1n) is 6.10. The molecule has 0 aliphatic rings. The number of rotatable bonds is 5. The summed E-state index contributed by atoms with van der Waals surface area (Å²) in [5.41, 5.74) is 12.8. The highest BCUT2D eigenvalue weighted by Gasteiger charge is 2.09. The third-order valence-electron chi connectivity index (χ3n) is 2.83. The molecule has 0 aliphatic heterocycles. The summed E-state index contributed by atoms with van der Waals surface area (Å²) >= 11 is 2.27. The van der Waals surface area contributed by atoms with E-state index in [1.54, 1.807) is 0 Å². The maximum absolute atomic E-state index is 10.8. The third kappa shape index (κ3) is 3.94. The highest BCUT2D eigenvalue weighted by molar-refractivity contribution is 14.1. The average molecular weight is 382 g/mol. The number of halogens is 1. The van der Waals surface area contributed by atoms with Crippen molar-refractivity contribution in [2.45, 2.75) is 6.04 Å². The molecular weight excluding hydrogens is 367 g/mol. The molecule has 1 unspecified atom stereocenters. The van der Waals surface area contributed by atoms with E-state index in [9.17, 15) is 4.79 Å². The van der Waals surface area contributed by atoms with Gasteiger partial charge >= 0.3 is 0 Å². The fourth-order valence-corrected chi connectivity index (χ4v) is 2.01. The van der Waals surface area contributed by atoms with Crippen LogP contribution in [-0.2, 0) is 4.79 Å². The Balaban J connectivity index is 2.03. The standard InChI is InChI=1S/C15H15IN2O2/c16-12-5-1-10(2-6-12)11-3-7-13(8-4-11)20-9-14(17)15(18)19/h1-8,14H,9,17H2,(H2,18,19). The van der Waals surface area contributed by atoms with Crippen molar-refractivity contribution in [2.75, 3.05) is 6.61 Å². The number of hydrogen-bond acceptors (Lipinski definition) is 3. The second-order valence-corrected chi connectivity index (χ2v) is 5.60. The normalized spacial score (nSPS) is 11.9. The molecule has 0 aromatic heterocycles. The molecule has 0 radical (unpaired) electrons. The highest BCUT2D eigenvalue weighted by atomic mass is 127. The Morgan fingerprint density at radius 2 is 1.55 bits per heavy atom. The van der Waals surface area contributed by atoms with Crippen LogP contribution < -0.4 is 16.2 Å². The van der Waals surface area contributed by atoms with Gasteiger partial charge in [0.05, 0.1) is 0 Å². The summed E-state index contributed by atoms with van der Waals surface area (Å²) in [4.78, 5) is 10.8. The van der Waals surface area contributed by atoms with E-state index in [0.717, 1.165) is 11.1 Å². The Morgan fingerprint density at radius 1 is 1.05 bits per heavy atom. The number of amides is 1. The van der Waals surface area contributed by atoms with Crippen LogP contribution in [0.1, 0.15) is 0 Å². The average Bonchev–Trinajstić information content (AvgIpc) is 2.46. The smallest absolute Gasteiger partial charge is 0.237 e. The minimum Gasteiger partial charge on any atom is -0.491 e. The zero-order valence-electron chi connectivity index (χ0n) is 10.8. The quantitative estimate of drug-likeness (QED) is 0.778. The molecule has 0 saturated heterocycles. The Labute approximate surface area is 131 Å². The van der Waals surface area contributed by atoms with E-state index in [2.05, 4.69) is 46.9 Å². The highest BCUT2D eigenvalue weighted by Crippen LogP contribution is 2.23. The molecule has 20 heavy (non-hydrogen) atoms. The van der Waals surface area contributed by atoms with E-state index >= 15 is 0 Å². The first-order valence-corrected chi connectivity index (χ1v) is 7.18. The van der Waals surface area contributed by atoms with Crippen molar-refractivity contribution in [2.24, 2.45) is 11.5 Å². The van der Waals surface area contributed by atoms with E-state index in [1.807, 2.05) is 24.3 Å². The second kappa shape index (κ2) is 6.71. The predicted octanol–water partition coefficient (Wildman–Crippen LogP) is 2.15. The molecule has 0 spiro atoms. The summed E-state index contributed by atoms with van der Waals surface area (Å²) < 4.78 is 6.61. The summed E-state index contributed by atoms with van der Waals surface area (Å²) in [6.07, 6.45) is 0. The molecule has 104 valence electrons. The van der Waals surface area contributed by atoms with Gasteiger partial charge in [0.1, 0.15) is 18.4 Å². The summed E-state index contributed by atoms with van der Waals surface area (Å²) in [6, 6.07) is 15.1.